The first kappa shape index (κ1) is 31.5. The zero-order valence-electron chi connectivity index (χ0n) is 16.0. The van der Waals surface area contributed by atoms with Crippen LogP contribution in [0.15, 0.2) is 24.0 Å². The Balaban J connectivity index is 3.65. The molecule has 0 fully saturated rings. The molecule has 0 heterocycles. The van der Waals surface area contributed by atoms with E-state index < -0.39 is 75.7 Å². The lowest BCUT2D eigenvalue weighted by molar-refractivity contribution is -0.451. The molecule has 0 aliphatic rings. The van der Waals surface area contributed by atoms with E-state index in [2.05, 4.69) is 4.74 Å². The van der Waals surface area contributed by atoms with Gasteiger partial charge in [-0.1, -0.05) is 11.6 Å². The van der Waals surface area contributed by atoms with Gasteiger partial charge in [0.1, 0.15) is 5.02 Å². The fraction of sp³-hybridized carbons (Fsp3) is 0.467. The van der Waals surface area contributed by atoms with Gasteiger partial charge in [0.15, 0.2) is 5.75 Å². The summed E-state index contributed by atoms with van der Waals surface area (Å²) in [6, 6.07) is -2.56. The molecule has 0 aromatic heterocycles. The van der Waals surface area contributed by atoms with E-state index in [4.69, 9.17) is 23.1 Å². The van der Waals surface area contributed by atoms with Crippen LogP contribution in [0.2, 0.25) is 5.02 Å². The molecule has 0 radical (unpaired) electrons. The van der Waals surface area contributed by atoms with E-state index in [9.17, 15) is 74.6 Å². The topological polar surface area (TPSA) is 61.3 Å². The highest BCUT2D eigenvalue weighted by Gasteiger charge is 2.93. The highest BCUT2D eigenvalue weighted by atomic mass is 35.5. The van der Waals surface area contributed by atoms with Gasteiger partial charge in [0, 0.05) is 11.8 Å². The number of ether oxygens (including phenoxy) is 1. The largest absolute Gasteiger partial charge is 0.460 e. The Kier molecular flexibility index (Phi) is 7.69. The van der Waals surface area contributed by atoms with Crippen LogP contribution in [-0.2, 0) is 0 Å². The lowest BCUT2D eigenvalue weighted by Crippen LogP contribution is -2.72. The van der Waals surface area contributed by atoms with Crippen molar-refractivity contribution in [2.75, 3.05) is 11.5 Å². The first-order chi connectivity index (χ1) is 15.6. The summed E-state index contributed by atoms with van der Waals surface area (Å²) in [5.41, 5.74) is 9.06. The molecule has 0 saturated heterocycles. The first-order valence-electron chi connectivity index (χ1n) is 8.04. The molecular weight excluding hydrogens is 583 g/mol. The molecule has 0 spiro atoms. The van der Waals surface area contributed by atoms with Crippen LogP contribution in [0.25, 0.3) is 0 Å². The molecule has 0 atom stereocenters. The fourth-order valence-electron chi connectivity index (χ4n) is 2.09. The van der Waals surface area contributed by atoms with E-state index in [1.807, 2.05) is 0 Å². The van der Waals surface area contributed by atoms with E-state index in [0.717, 1.165) is 6.07 Å². The van der Waals surface area contributed by atoms with Crippen LogP contribution in [0.4, 0.5) is 86.0 Å². The monoisotopic (exact) mass is 588 g/mol. The van der Waals surface area contributed by atoms with Crippen molar-refractivity contribution in [2.24, 2.45) is 0 Å². The summed E-state index contributed by atoms with van der Waals surface area (Å²) >= 11 is 5.36. The maximum atomic E-state index is 13.7. The van der Waals surface area contributed by atoms with Crippen molar-refractivity contribution in [2.45, 2.75) is 41.7 Å². The average Bonchev–Trinajstić information content (AvgIpc) is 2.69. The van der Waals surface area contributed by atoms with Crippen molar-refractivity contribution in [3.63, 3.8) is 0 Å². The fourth-order valence-corrected chi connectivity index (χ4v) is 2.23. The van der Waals surface area contributed by atoms with Gasteiger partial charge in [0.05, 0.1) is 5.69 Å². The highest BCUT2D eigenvalue weighted by Crippen LogP contribution is 2.63. The number of anilines is 2. The summed E-state index contributed by atoms with van der Waals surface area (Å²) < 4.78 is 227. The number of nitrogen functional groups attached to an aromatic ring is 2. The molecule has 21 heteroatoms. The SMILES string of the molecule is Nc1cc(N)c(Cl)c(OC(F)=C(F)C(F)(F)C(F)(F)C(F)(F)C(F)(F)C(F)(F)C(F)(F)C(F)(F)F)c1. The van der Waals surface area contributed by atoms with Crippen molar-refractivity contribution in [1.82, 2.24) is 0 Å². The van der Waals surface area contributed by atoms with Crippen molar-refractivity contribution in [3.8, 4) is 5.75 Å². The van der Waals surface area contributed by atoms with Crippen molar-refractivity contribution in [3.05, 3.63) is 29.0 Å². The molecule has 0 amide bonds. The Hall–Kier alpha value is -2.54. The standard InChI is InChI=1S/C15H6ClF17N2O/c16-6-4(35)1-3(34)2-5(6)36-8(18)7(17)9(19,20)10(21,22)11(23,24)12(25,26)13(27,28)14(29,30)15(31,32)33/h1-2H,34-35H2. The Morgan fingerprint density at radius 3 is 1.44 bits per heavy atom. The van der Waals surface area contributed by atoms with Crippen LogP contribution in [0.1, 0.15) is 0 Å². The van der Waals surface area contributed by atoms with Crippen LogP contribution in [-0.4, -0.2) is 41.7 Å². The zero-order valence-corrected chi connectivity index (χ0v) is 16.8. The van der Waals surface area contributed by atoms with Gasteiger partial charge in [-0.15, -0.1) is 0 Å². The minimum atomic E-state index is -8.67. The molecule has 0 aliphatic heterocycles. The maximum Gasteiger partial charge on any atom is 0.460 e. The molecule has 0 saturated carbocycles. The molecule has 0 aliphatic carbocycles. The molecular formula is C15H6ClF17N2O. The van der Waals surface area contributed by atoms with Crippen LogP contribution in [0, 0.1) is 0 Å². The molecule has 1 aromatic carbocycles. The second kappa shape index (κ2) is 8.79. The molecule has 208 valence electrons. The number of nitrogens with two attached hydrogens (primary N) is 2. The van der Waals surface area contributed by atoms with E-state index in [1.54, 1.807) is 0 Å². The number of hydrogen-bond donors (Lipinski definition) is 2. The second-order valence-electron chi connectivity index (χ2n) is 6.56. The minimum Gasteiger partial charge on any atom is -0.428 e. The second-order valence-corrected chi connectivity index (χ2v) is 6.93. The van der Waals surface area contributed by atoms with Gasteiger partial charge in [0.25, 0.3) is 0 Å². The summed E-state index contributed by atoms with van der Waals surface area (Å²) in [6.45, 7) is 0. The van der Waals surface area contributed by atoms with E-state index in [1.165, 1.54) is 0 Å². The number of halogens is 18. The number of rotatable bonds is 8. The molecule has 3 nitrogen and oxygen atoms in total. The highest BCUT2D eigenvalue weighted by molar-refractivity contribution is 6.34. The average molecular weight is 589 g/mol. The van der Waals surface area contributed by atoms with Crippen molar-refractivity contribution < 1.29 is 79.4 Å². The third-order valence-corrected chi connectivity index (χ3v) is 4.47. The molecule has 36 heavy (non-hydrogen) atoms. The third-order valence-electron chi connectivity index (χ3n) is 4.07. The maximum absolute atomic E-state index is 13.7. The van der Waals surface area contributed by atoms with E-state index >= 15 is 0 Å². The summed E-state index contributed by atoms with van der Waals surface area (Å²) in [7, 11) is 0. The van der Waals surface area contributed by atoms with Gasteiger partial charge in [-0.05, 0) is 6.07 Å². The number of alkyl halides is 15. The smallest absolute Gasteiger partial charge is 0.428 e. The Bertz CT molecular complexity index is 1030. The summed E-state index contributed by atoms with van der Waals surface area (Å²) in [5, 5.41) is -1.01. The van der Waals surface area contributed by atoms with Crippen molar-refractivity contribution >= 4 is 23.0 Å². The number of benzene rings is 1. The Morgan fingerprint density at radius 1 is 0.639 bits per heavy atom. The lowest BCUT2D eigenvalue weighted by Gasteiger charge is -2.41. The summed E-state index contributed by atoms with van der Waals surface area (Å²) in [4.78, 5) is 0. The predicted molar refractivity (Wildman–Crippen MR) is 85.9 cm³/mol. The zero-order chi connectivity index (χ0) is 29.1. The van der Waals surface area contributed by atoms with Gasteiger partial charge in [-0.25, -0.2) is 0 Å². The molecule has 1 rings (SSSR count). The van der Waals surface area contributed by atoms with Crippen LogP contribution in [0.3, 0.4) is 0 Å². The third kappa shape index (κ3) is 4.40. The minimum absolute atomic E-state index is 0.338. The van der Waals surface area contributed by atoms with Gasteiger partial charge in [-0.2, -0.15) is 74.6 Å². The molecule has 0 bridgehead atoms. The molecule has 4 N–H and O–H groups in total. The van der Waals surface area contributed by atoms with Gasteiger partial charge in [0.2, 0.25) is 5.83 Å². The van der Waals surface area contributed by atoms with Crippen LogP contribution < -0.4 is 16.2 Å². The van der Waals surface area contributed by atoms with E-state index in [0.29, 0.717) is 6.07 Å². The predicted octanol–water partition coefficient (Wildman–Crippen LogP) is 7.37. The van der Waals surface area contributed by atoms with E-state index in [-0.39, 0.29) is 0 Å². The van der Waals surface area contributed by atoms with Gasteiger partial charge >= 0.3 is 47.7 Å². The number of allylic oxidation sites excluding steroid dienone is 1. The molecule has 0 unspecified atom stereocenters. The van der Waals surface area contributed by atoms with Crippen LogP contribution >= 0.6 is 11.6 Å². The normalized spacial score (nSPS) is 15.6. The Morgan fingerprint density at radius 2 is 1.03 bits per heavy atom. The van der Waals surface area contributed by atoms with Gasteiger partial charge in [-0.3, -0.25) is 0 Å². The molecule has 1 aromatic rings. The first-order valence-corrected chi connectivity index (χ1v) is 8.42. The van der Waals surface area contributed by atoms with Crippen LogP contribution in [0.5, 0.6) is 5.75 Å². The van der Waals surface area contributed by atoms with Crippen molar-refractivity contribution in [1.29, 1.82) is 0 Å². The summed E-state index contributed by atoms with van der Waals surface area (Å²) in [6.07, 6.45) is -7.81. The lowest BCUT2D eigenvalue weighted by atomic mass is 9.91. The Labute approximate surface area is 191 Å². The quantitative estimate of drug-likeness (QED) is 0.190. The summed E-state index contributed by atoms with van der Waals surface area (Å²) in [5.74, 6) is -55.9. The number of hydrogen-bond acceptors (Lipinski definition) is 3. The van der Waals surface area contributed by atoms with Gasteiger partial charge < -0.3 is 16.2 Å².